The van der Waals surface area contributed by atoms with Crippen molar-refractivity contribution in [2.75, 3.05) is 0 Å². The zero-order valence-electron chi connectivity index (χ0n) is 18.2. The molecule has 0 spiro atoms. The summed E-state index contributed by atoms with van der Waals surface area (Å²) in [6, 6.07) is 19.4. The third kappa shape index (κ3) is 5.38. The van der Waals surface area contributed by atoms with Gasteiger partial charge in [0, 0.05) is 11.5 Å². The maximum Gasteiger partial charge on any atom is 0.152 e. The molecule has 4 rings (SSSR count). The van der Waals surface area contributed by atoms with Gasteiger partial charge in [-0.15, -0.1) is 14.6 Å². The Morgan fingerprint density at radius 3 is 2.18 bits per heavy atom. The Kier molecular flexibility index (Phi) is 7.14. The molecule has 0 radical (unpaired) electrons. The van der Waals surface area contributed by atoms with Gasteiger partial charge in [0.15, 0.2) is 5.75 Å². The highest BCUT2D eigenvalue weighted by Gasteiger charge is 2.15. The minimum atomic E-state index is -0.163. The summed E-state index contributed by atoms with van der Waals surface area (Å²) in [7, 11) is 0. The Morgan fingerprint density at radius 1 is 0.735 bits per heavy atom. The second-order valence-corrected chi connectivity index (χ2v) is 8.17. The van der Waals surface area contributed by atoms with Crippen LogP contribution in [0, 0.1) is 13.8 Å². The highest BCUT2D eigenvalue weighted by atomic mass is 32.2. The summed E-state index contributed by atoms with van der Waals surface area (Å²) in [6.07, 6.45) is 0. The van der Waals surface area contributed by atoms with E-state index in [0.717, 1.165) is 16.5 Å². The van der Waals surface area contributed by atoms with E-state index < -0.39 is 0 Å². The van der Waals surface area contributed by atoms with Gasteiger partial charge in [0.2, 0.25) is 0 Å². The fourth-order valence-electron chi connectivity index (χ4n) is 3.17. The number of hydrogen-bond acceptors (Lipinski definition) is 10. The van der Waals surface area contributed by atoms with Crippen molar-refractivity contribution in [3.05, 3.63) is 77.9 Å². The lowest BCUT2D eigenvalue weighted by Gasteiger charge is -2.09. The van der Waals surface area contributed by atoms with E-state index in [1.54, 1.807) is 18.2 Å². The highest BCUT2D eigenvalue weighted by molar-refractivity contribution is 7.94. The van der Waals surface area contributed by atoms with E-state index in [-0.39, 0.29) is 22.9 Å². The Morgan fingerprint density at radius 2 is 1.44 bits per heavy atom. The molecule has 34 heavy (non-hydrogen) atoms. The molecular formula is C24H20N4O5S. The second kappa shape index (κ2) is 10.4. The number of fused-ring (bicyclic) bond motifs is 1. The molecule has 0 fully saturated rings. The molecule has 172 valence electrons. The topological polar surface area (TPSA) is 129 Å². The lowest BCUT2D eigenvalue weighted by molar-refractivity contribution is -0.432. The molecule has 9 nitrogen and oxygen atoms in total. The molecule has 0 heterocycles. The standard InChI is InChI=1S/C24H20N4O5S/c1-14-3-6-17(7-4-14)25-26-18-8-10-20(21(29)13-18)27-28-23-22(34-33-32-31)12-16-11-15(2)5-9-19(16)24(23)30/h3-13,29-31H,1-2H3. The first-order chi connectivity index (χ1) is 16.4. The molecule has 4 aromatic carbocycles. The normalized spacial score (nSPS) is 11.7. The molecule has 10 heteroatoms. The predicted molar refractivity (Wildman–Crippen MR) is 129 cm³/mol. The molecule has 0 bridgehead atoms. The van der Waals surface area contributed by atoms with Crippen LogP contribution < -0.4 is 0 Å². The van der Waals surface area contributed by atoms with Gasteiger partial charge >= 0.3 is 0 Å². The Hall–Kier alpha value is -3.83. The zero-order valence-corrected chi connectivity index (χ0v) is 19.0. The predicted octanol–water partition coefficient (Wildman–Crippen LogP) is 8.13. The van der Waals surface area contributed by atoms with Gasteiger partial charge in [-0.2, -0.15) is 10.2 Å². The number of nitrogens with zero attached hydrogens (tertiary/aromatic N) is 4. The number of aromatic hydroxyl groups is 2. The van der Waals surface area contributed by atoms with Crippen molar-refractivity contribution in [3.8, 4) is 11.5 Å². The van der Waals surface area contributed by atoms with E-state index in [9.17, 15) is 10.2 Å². The largest absolute Gasteiger partial charge is 0.506 e. The molecule has 0 aliphatic heterocycles. The number of benzene rings is 4. The number of phenolic OH excluding ortho intramolecular Hbond substituents is 2. The zero-order chi connectivity index (χ0) is 24.1. The number of azo groups is 2. The summed E-state index contributed by atoms with van der Waals surface area (Å²) in [4.78, 5) is 0.344. The van der Waals surface area contributed by atoms with Crippen LogP contribution in [0.2, 0.25) is 0 Å². The molecule has 0 aliphatic rings. The summed E-state index contributed by atoms with van der Waals surface area (Å²) < 4.78 is 4.54. The Bertz CT molecular complexity index is 1390. The monoisotopic (exact) mass is 476 g/mol. The summed E-state index contributed by atoms with van der Waals surface area (Å²) >= 11 is 0.653. The van der Waals surface area contributed by atoms with Crippen molar-refractivity contribution in [1.29, 1.82) is 0 Å². The van der Waals surface area contributed by atoms with E-state index in [0.29, 0.717) is 33.7 Å². The number of hydrogen-bond donors (Lipinski definition) is 3. The third-order valence-corrected chi connectivity index (χ3v) is 5.51. The van der Waals surface area contributed by atoms with E-state index in [1.807, 2.05) is 50.2 Å². The van der Waals surface area contributed by atoms with Crippen molar-refractivity contribution in [1.82, 2.24) is 0 Å². The van der Waals surface area contributed by atoms with Crippen LogP contribution in [0.1, 0.15) is 11.1 Å². The Labute approximate surface area is 199 Å². The first kappa shape index (κ1) is 23.3. The van der Waals surface area contributed by atoms with Gasteiger partial charge in [-0.25, -0.2) is 5.26 Å². The molecule has 0 unspecified atom stereocenters. The summed E-state index contributed by atoms with van der Waals surface area (Å²) in [5, 5.41) is 51.2. The van der Waals surface area contributed by atoms with Gasteiger partial charge in [-0.05, 0) is 49.6 Å². The summed E-state index contributed by atoms with van der Waals surface area (Å²) in [5.74, 6) is -0.294. The minimum Gasteiger partial charge on any atom is -0.506 e. The van der Waals surface area contributed by atoms with Gasteiger partial charge in [-0.1, -0.05) is 46.5 Å². The van der Waals surface area contributed by atoms with Crippen LogP contribution in [0.25, 0.3) is 10.8 Å². The van der Waals surface area contributed by atoms with E-state index in [1.165, 1.54) is 12.1 Å². The molecule has 0 atom stereocenters. The van der Waals surface area contributed by atoms with Crippen molar-refractivity contribution in [2.45, 2.75) is 18.7 Å². The summed E-state index contributed by atoms with van der Waals surface area (Å²) in [5.41, 5.74) is 3.49. The first-order valence-corrected chi connectivity index (χ1v) is 10.8. The van der Waals surface area contributed by atoms with Crippen LogP contribution in [-0.2, 0) is 9.37 Å². The van der Waals surface area contributed by atoms with Gasteiger partial charge in [-0.3, -0.25) is 0 Å². The van der Waals surface area contributed by atoms with Crippen molar-refractivity contribution < 1.29 is 24.8 Å². The van der Waals surface area contributed by atoms with E-state index in [4.69, 9.17) is 5.26 Å². The molecule has 4 aromatic rings. The van der Waals surface area contributed by atoms with Crippen LogP contribution in [0.5, 0.6) is 11.5 Å². The van der Waals surface area contributed by atoms with Crippen LogP contribution in [-0.4, -0.2) is 15.5 Å². The van der Waals surface area contributed by atoms with E-state index in [2.05, 4.69) is 29.8 Å². The first-order valence-electron chi connectivity index (χ1n) is 10.1. The molecule has 0 aromatic heterocycles. The summed E-state index contributed by atoms with van der Waals surface area (Å²) in [6.45, 7) is 3.91. The molecular weight excluding hydrogens is 456 g/mol. The maximum absolute atomic E-state index is 10.8. The van der Waals surface area contributed by atoms with Gasteiger partial charge in [0.25, 0.3) is 0 Å². The number of phenols is 2. The fraction of sp³-hybridized carbons (Fsp3) is 0.0833. The van der Waals surface area contributed by atoms with Crippen LogP contribution in [0.4, 0.5) is 22.7 Å². The average Bonchev–Trinajstić information content (AvgIpc) is 2.82. The highest BCUT2D eigenvalue weighted by Crippen LogP contribution is 2.44. The smallest absolute Gasteiger partial charge is 0.152 e. The molecule has 3 N–H and O–H groups in total. The second-order valence-electron chi connectivity index (χ2n) is 7.43. The van der Waals surface area contributed by atoms with Crippen LogP contribution in [0.15, 0.2) is 92.1 Å². The third-order valence-electron chi connectivity index (χ3n) is 4.89. The van der Waals surface area contributed by atoms with Crippen molar-refractivity contribution >= 4 is 45.6 Å². The van der Waals surface area contributed by atoms with Gasteiger partial charge < -0.3 is 10.2 Å². The Balaban J connectivity index is 1.63. The van der Waals surface area contributed by atoms with Crippen LogP contribution in [0.3, 0.4) is 0 Å². The molecule has 0 amide bonds. The lowest BCUT2D eigenvalue weighted by atomic mass is 10.1. The lowest BCUT2D eigenvalue weighted by Crippen LogP contribution is -1.84. The maximum atomic E-state index is 10.8. The van der Waals surface area contributed by atoms with Gasteiger partial charge in [0.05, 0.1) is 28.3 Å². The fourth-order valence-corrected chi connectivity index (χ4v) is 3.67. The average molecular weight is 477 g/mol. The quantitative estimate of drug-likeness (QED) is 0.107. The number of aryl methyl sites for hydroxylation is 2. The molecule has 0 saturated carbocycles. The number of rotatable bonds is 7. The molecule has 0 saturated heterocycles. The van der Waals surface area contributed by atoms with E-state index >= 15 is 0 Å². The van der Waals surface area contributed by atoms with Gasteiger partial charge in [0.1, 0.15) is 17.1 Å². The SMILES string of the molecule is Cc1ccc(N=Nc2ccc(N=Nc3c(SOOO)cc4cc(C)ccc4c3O)c(O)c2)cc1. The minimum absolute atomic E-state index is 0.0842. The van der Waals surface area contributed by atoms with Crippen molar-refractivity contribution in [3.63, 3.8) is 0 Å². The van der Waals surface area contributed by atoms with Crippen LogP contribution >= 0.6 is 12.0 Å². The van der Waals surface area contributed by atoms with Crippen molar-refractivity contribution in [2.24, 2.45) is 20.5 Å². The molecule has 0 aliphatic carbocycles.